The van der Waals surface area contributed by atoms with Gasteiger partial charge in [-0.15, -0.1) is 0 Å². The number of aliphatic carboxylic acids is 1. The number of aromatic hydroxyl groups is 1. The lowest BCUT2D eigenvalue weighted by Gasteiger charge is -2.32. The Morgan fingerprint density at radius 3 is 2.43 bits per heavy atom. The normalized spacial score (nSPS) is 10.5. The highest BCUT2D eigenvalue weighted by Crippen LogP contribution is 2.21. The fraction of sp³-hybridized carbons (Fsp3) is 0.467. The average Bonchev–Trinajstić information content (AvgIpc) is 2.39. The van der Waals surface area contributed by atoms with E-state index in [0.717, 1.165) is 0 Å². The van der Waals surface area contributed by atoms with Crippen molar-refractivity contribution in [2.75, 3.05) is 18.0 Å². The molecule has 6 nitrogen and oxygen atoms in total. The van der Waals surface area contributed by atoms with Crippen molar-refractivity contribution >= 4 is 17.7 Å². The average molecular weight is 294 g/mol. The highest BCUT2D eigenvalue weighted by molar-refractivity contribution is 5.92. The van der Waals surface area contributed by atoms with E-state index >= 15 is 0 Å². The number of carbonyl (C=O) groups is 2. The van der Waals surface area contributed by atoms with E-state index in [1.54, 1.807) is 12.1 Å². The summed E-state index contributed by atoms with van der Waals surface area (Å²) in [6, 6.07) is 6.07. The maximum Gasteiger partial charge on any atom is 0.324 e. The molecule has 0 atom stereocenters. The summed E-state index contributed by atoms with van der Waals surface area (Å²) < 4.78 is 0. The van der Waals surface area contributed by atoms with Crippen LogP contribution in [0, 0.1) is 0 Å². The highest BCUT2D eigenvalue weighted by Gasteiger charge is 2.24. The van der Waals surface area contributed by atoms with Gasteiger partial charge in [-0.05, 0) is 32.9 Å². The summed E-state index contributed by atoms with van der Waals surface area (Å²) in [5.41, 5.74) is 0.587. The van der Waals surface area contributed by atoms with Gasteiger partial charge in [0.25, 0.3) is 0 Å². The van der Waals surface area contributed by atoms with Crippen molar-refractivity contribution in [1.82, 2.24) is 4.90 Å². The third-order valence-corrected chi connectivity index (χ3v) is 3.12. The lowest BCUT2D eigenvalue weighted by atomic mass is 10.2. The van der Waals surface area contributed by atoms with Crippen molar-refractivity contribution in [1.29, 1.82) is 0 Å². The summed E-state index contributed by atoms with van der Waals surface area (Å²) in [4.78, 5) is 26.4. The molecule has 0 aliphatic rings. The van der Waals surface area contributed by atoms with Crippen molar-refractivity contribution in [3.8, 4) is 5.75 Å². The van der Waals surface area contributed by atoms with Gasteiger partial charge in [-0.2, -0.15) is 0 Å². The number of hydrogen-bond acceptors (Lipinski definition) is 3. The molecular formula is C15H22N2O4. The van der Waals surface area contributed by atoms with Crippen LogP contribution in [0.3, 0.4) is 0 Å². The van der Waals surface area contributed by atoms with Crippen LogP contribution in [0.15, 0.2) is 24.3 Å². The van der Waals surface area contributed by atoms with Crippen LogP contribution in [0.4, 0.5) is 10.5 Å². The zero-order valence-electron chi connectivity index (χ0n) is 12.6. The lowest BCUT2D eigenvalue weighted by Crippen LogP contribution is -2.47. The fourth-order valence-corrected chi connectivity index (χ4v) is 2.04. The third kappa shape index (κ3) is 4.66. The van der Waals surface area contributed by atoms with E-state index in [9.17, 15) is 14.7 Å². The summed E-state index contributed by atoms with van der Waals surface area (Å²) in [7, 11) is 0. The van der Waals surface area contributed by atoms with E-state index in [1.807, 2.05) is 20.8 Å². The van der Waals surface area contributed by atoms with Gasteiger partial charge in [0.15, 0.2) is 0 Å². The van der Waals surface area contributed by atoms with Gasteiger partial charge in [0.05, 0.1) is 6.42 Å². The molecule has 0 bridgehead atoms. The molecule has 0 radical (unpaired) electrons. The summed E-state index contributed by atoms with van der Waals surface area (Å²) in [5.74, 6) is -0.853. The topological polar surface area (TPSA) is 81.1 Å². The summed E-state index contributed by atoms with van der Waals surface area (Å²) in [6.45, 7) is 6.10. The summed E-state index contributed by atoms with van der Waals surface area (Å²) >= 11 is 0. The Hall–Kier alpha value is -2.24. The number of urea groups is 1. The van der Waals surface area contributed by atoms with Crippen LogP contribution in [-0.2, 0) is 4.79 Å². The number of carboxylic acid groups (broad SMARTS) is 1. The number of rotatable bonds is 6. The number of carboxylic acids is 1. The van der Waals surface area contributed by atoms with Gasteiger partial charge in [0, 0.05) is 30.9 Å². The van der Waals surface area contributed by atoms with E-state index in [2.05, 4.69) is 0 Å². The Morgan fingerprint density at radius 1 is 1.29 bits per heavy atom. The molecule has 116 valence electrons. The Morgan fingerprint density at radius 2 is 1.95 bits per heavy atom. The molecule has 1 aromatic carbocycles. The predicted octanol–water partition coefficient (Wildman–Crippen LogP) is 2.52. The molecule has 0 spiro atoms. The monoisotopic (exact) mass is 294 g/mol. The molecule has 0 aromatic heterocycles. The number of anilines is 1. The number of carbonyl (C=O) groups excluding carboxylic acids is 1. The van der Waals surface area contributed by atoms with E-state index in [4.69, 9.17) is 5.11 Å². The third-order valence-electron chi connectivity index (χ3n) is 3.12. The first-order valence-electron chi connectivity index (χ1n) is 6.95. The number of hydrogen-bond donors (Lipinski definition) is 2. The SMILES string of the molecule is CCN(C(=O)N(CCC(=O)O)C(C)C)c1cccc(O)c1. The van der Waals surface area contributed by atoms with Gasteiger partial charge in [-0.3, -0.25) is 9.69 Å². The Balaban J connectivity index is 2.96. The molecule has 1 rings (SSSR count). The van der Waals surface area contributed by atoms with Gasteiger partial charge in [-0.1, -0.05) is 6.07 Å². The van der Waals surface area contributed by atoms with Crippen molar-refractivity contribution in [3.05, 3.63) is 24.3 Å². The van der Waals surface area contributed by atoms with Crippen molar-refractivity contribution in [3.63, 3.8) is 0 Å². The molecule has 0 unspecified atom stereocenters. The Labute approximate surface area is 124 Å². The van der Waals surface area contributed by atoms with E-state index in [0.29, 0.717) is 12.2 Å². The highest BCUT2D eigenvalue weighted by atomic mass is 16.4. The molecule has 0 aliphatic carbocycles. The number of phenolic OH excluding ortho intramolecular Hbond substituents is 1. The Kier molecular flexibility index (Phi) is 6.02. The van der Waals surface area contributed by atoms with Gasteiger partial charge in [0.1, 0.15) is 5.75 Å². The van der Waals surface area contributed by atoms with Gasteiger partial charge < -0.3 is 15.1 Å². The van der Waals surface area contributed by atoms with E-state index in [1.165, 1.54) is 21.9 Å². The van der Waals surface area contributed by atoms with Gasteiger partial charge >= 0.3 is 12.0 Å². The first-order valence-corrected chi connectivity index (χ1v) is 6.95. The number of nitrogens with zero attached hydrogens (tertiary/aromatic N) is 2. The molecule has 6 heteroatoms. The quantitative estimate of drug-likeness (QED) is 0.844. The maximum absolute atomic E-state index is 12.6. The molecule has 0 fully saturated rings. The molecule has 0 saturated heterocycles. The smallest absolute Gasteiger partial charge is 0.324 e. The van der Waals surface area contributed by atoms with Crippen LogP contribution in [0.2, 0.25) is 0 Å². The molecule has 0 aliphatic heterocycles. The fourth-order valence-electron chi connectivity index (χ4n) is 2.04. The molecule has 0 saturated carbocycles. The molecule has 0 heterocycles. The van der Waals surface area contributed by atoms with Crippen LogP contribution in [0.5, 0.6) is 5.75 Å². The number of phenols is 1. The predicted molar refractivity (Wildman–Crippen MR) is 80.6 cm³/mol. The molecule has 2 N–H and O–H groups in total. The van der Waals surface area contributed by atoms with E-state index in [-0.39, 0.29) is 30.8 Å². The molecule has 21 heavy (non-hydrogen) atoms. The summed E-state index contributed by atoms with van der Waals surface area (Å²) in [6.07, 6.45) is -0.0957. The van der Waals surface area contributed by atoms with Gasteiger partial charge in [0.2, 0.25) is 0 Å². The maximum atomic E-state index is 12.6. The molecule has 1 aromatic rings. The van der Waals surface area contributed by atoms with Gasteiger partial charge in [-0.25, -0.2) is 4.79 Å². The van der Waals surface area contributed by atoms with E-state index < -0.39 is 5.97 Å². The van der Waals surface area contributed by atoms with Crippen molar-refractivity contribution in [2.45, 2.75) is 33.2 Å². The van der Waals surface area contributed by atoms with Crippen LogP contribution in [0.25, 0.3) is 0 Å². The Bertz CT molecular complexity index is 502. The van der Waals surface area contributed by atoms with Crippen LogP contribution < -0.4 is 4.90 Å². The molecular weight excluding hydrogens is 272 g/mol. The van der Waals surface area contributed by atoms with Crippen molar-refractivity contribution in [2.24, 2.45) is 0 Å². The van der Waals surface area contributed by atoms with Crippen LogP contribution >= 0.6 is 0 Å². The minimum atomic E-state index is -0.936. The van der Waals surface area contributed by atoms with Crippen LogP contribution in [-0.4, -0.2) is 46.2 Å². The second-order valence-electron chi connectivity index (χ2n) is 4.98. The van der Waals surface area contributed by atoms with Crippen LogP contribution in [0.1, 0.15) is 27.2 Å². The standard InChI is InChI=1S/C15H22N2O4/c1-4-16(12-6-5-7-13(18)10-12)15(21)17(11(2)3)9-8-14(19)20/h5-7,10-11,18H,4,8-9H2,1-3H3,(H,19,20). The first kappa shape index (κ1) is 16.8. The first-order chi connectivity index (χ1) is 9.86. The van der Waals surface area contributed by atoms with Crippen molar-refractivity contribution < 1.29 is 19.8 Å². The second kappa shape index (κ2) is 7.52. The molecule has 2 amide bonds. The number of amides is 2. The zero-order chi connectivity index (χ0) is 16.0. The minimum absolute atomic E-state index is 0.0837. The summed E-state index contributed by atoms with van der Waals surface area (Å²) in [5, 5.41) is 18.3. The largest absolute Gasteiger partial charge is 0.508 e. The minimum Gasteiger partial charge on any atom is -0.508 e. The zero-order valence-corrected chi connectivity index (χ0v) is 12.6. The second-order valence-corrected chi connectivity index (χ2v) is 4.98. The number of benzene rings is 1. The lowest BCUT2D eigenvalue weighted by molar-refractivity contribution is -0.137.